The van der Waals surface area contributed by atoms with E-state index in [0.717, 1.165) is 0 Å². The number of nitrogens with two attached hydrogens (primary N) is 1. The normalized spacial score (nSPS) is 16.6. The van der Waals surface area contributed by atoms with E-state index in [0.29, 0.717) is 37.6 Å². The first-order valence-corrected chi connectivity index (χ1v) is 10.5. The number of benzene rings is 2. The number of sulfonamides is 1. The summed E-state index contributed by atoms with van der Waals surface area (Å²) in [6.45, 7) is 4.33. The smallest absolute Gasteiger partial charge is 0.241 e. The van der Waals surface area contributed by atoms with Crippen LogP contribution < -0.4 is 15.4 Å². The Morgan fingerprint density at radius 3 is 2.25 bits per heavy atom. The van der Waals surface area contributed by atoms with Crippen molar-refractivity contribution in [1.29, 1.82) is 0 Å². The van der Waals surface area contributed by atoms with Gasteiger partial charge in [-0.2, -0.15) is 0 Å². The Labute approximate surface area is 164 Å². The topological polar surface area (TPSA) is 95.7 Å². The molecule has 0 aromatic heterocycles. The number of carbonyl (C=O) groups excluding carboxylic acids is 1. The van der Waals surface area contributed by atoms with Gasteiger partial charge in [0.15, 0.2) is 0 Å². The van der Waals surface area contributed by atoms with E-state index in [1.807, 2.05) is 22.8 Å². The molecule has 2 aromatic rings. The molecular weight excluding hydrogens is 383 g/mol. The van der Waals surface area contributed by atoms with Crippen LogP contribution in [0.4, 0.5) is 15.8 Å². The monoisotopic (exact) mass is 406 g/mol. The molecule has 0 spiro atoms. The summed E-state index contributed by atoms with van der Waals surface area (Å²) in [6, 6.07) is 12.0. The fourth-order valence-corrected chi connectivity index (χ4v) is 3.71. The first-order valence-electron chi connectivity index (χ1n) is 8.93. The predicted octanol–water partition coefficient (Wildman–Crippen LogP) is 1.62. The molecule has 2 aromatic carbocycles. The first-order chi connectivity index (χ1) is 13.3. The Morgan fingerprint density at radius 2 is 1.68 bits per heavy atom. The minimum Gasteiger partial charge on any atom is -0.367 e. The largest absolute Gasteiger partial charge is 0.367 e. The molecule has 1 fully saturated rings. The van der Waals surface area contributed by atoms with Crippen molar-refractivity contribution >= 4 is 27.3 Å². The molecule has 1 unspecified atom stereocenters. The summed E-state index contributed by atoms with van der Waals surface area (Å²) in [5.74, 6) is -0.438. The number of primary sulfonamides is 1. The number of amides is 1. The second-order valence-electron chi connectivity index (χ2n) is 6.71. The van der Waals surface area contributed by atoms with Gasteiger partial charge in [-0.1, -0.05) is 12.1 Å². The summed E-state index contributed by atoms with van der Waals surface area (Å²) in [5.41, 5.74) is 1.07. The number of para-hydroxylation sites is 1. The molecular formula is C19H23FN4O3S. The lowest BCUT2D eigenvalue weighted by atomic mass is 10.2. The Balaban J connectivity index is 1.57. The molecule has 1 aliphatic rings. The first kappa shape index (κ1) is 20.2. The van der Waals surface area contributed by atoms with Crippen molar-refractivity contribution in [3.05, 3.63) is 54.3 Å². The Kier molecular flexibility index (Phi) is 5.97. The molecule has 1 atom stereocenters. The summed E-state index contributed by atoms with van der Waals surface area (Å²) in [5, 5.41) is 7.85. The van der Waals surface area contributed by atoms with E-state index in [-0.39, 0.29) is 22.7 Å². The maximum Gasteiger partial charge on any atom is 0.241 e. The highest BCUT2D eigenvalue weighted by Crippen LogP contribution is 2.21. The van der Waals surface area contributed by atoms with Crippen molar-refractivity contribution in [1.82, 2.24) is 4.90 Å². The zero-order valence-corrected chi connectivity index (χ0v) is 16.3. The number of nitrogens with zero attached hydrogens (tertiary/aromatic N) is 2. The number of piperazine rings is 1. The highest BCUT2D eigenvalue weighted by atomic mass is 32.2. The van der Waals surface area contributed by atoms with Crippen molar-refractivity contribution < 1.29 is 17.6 Å². The lowest BCUT2D eigenvalue weighted by molar-refractivity contribution is -0.120. The fraction of sp³-hybridized carbons (Fsp3) is 0.316. The van der Waals surface area contributed by atoms with Crippen LogP contribution in [0.25, 0.3) is 0 Å². The Morgan fingerprint density at radius 1 is 1.07 bits per heavy atom. The average Bonchev–Trinajstić information content (AvgIpc) is 2.67. The number of anilines is 2. The summed E-state index contributed by atoms with van der Waals surface area (Å²) in [7, 11) is -3.77. The van der Waals surface area contributed by atoms with Gasteiger partial charge in [0, 0.05) is 31.9 Å². The molecule has 9 heteroatoms. The van der Waals surface area contributed by atoms with Crippen molar-refractivity contribution in [2.45, 2.75) is 17.9 Å². The van der Waals surface area contributed by atoms with E-state index in [1.165, 1.54) is 30.3 Å². The molecule has 0 bridgehead atoms. The molecule has 150 valence electrons. The van der Waals surface area contributed by atoms with Crippen LogP contribution in [0.15, 0.2) is 53.4 Å². The van der Waals surface area contributed by atoms with Crippen LogP contribution in [0.1, 0.15) is 6.92 Å². The third-order valence-corrected chi connectivity index (χ3v) is 5.81. The predicted molar refractivity (Wildman–Crippen MR) is 106 cm³/mol. The summed E-state index contributed by atoms with van der Waals surface area (Å²) in [4.78, 5) is 16.5. The highest BCUT2D eigenvalue weighted by Gasteiger charge is 2.26. The van der Waals surface area contributed by atoms with E-state index < -0.39 is 10.0 Å². The summed E-state index contributed by atoms with van der Waals surface area (Å²) < 4.78 is 36.5. The number of hydrogen-bond donors (Lipinski definition) is 2. The van der Waals surface area contributed by atoms with Crippen molar-refractivity contribution in [2.24, 2.45) is 5.14 Å². The molecule has 0 aliphatic carbocycles. The van der Waals surface area contributed by atoms with Crippen LogP contribution in [0, 0.1) is 5.82 Å². The SMILES string of the molecule is CC(C(=O)Nc1ccc(S(N)(=O)=O)cc1)N1CCN(c2ccccc2F)CC1. The van der Waals surface area contributed by atoms with Crippen molar-refractivity contribution in [3.8, 4) is 0 Å². The van der Waals surface area contributed by atoms with Gasteiger partial charge < -0.3 is 10.2 Å². The van der Waals surface area contributed by atoms with Gasteiger partial charge in [0.2, 0.25) is 15.9 Å². The molecule has 3 rings (SSSR count). The van der Waals surface area contributed by atoms with Crippen LogP contribution in [0.3, 0.4) is 0 Å². The second kappa shape index (κ2) is 8.26. The number of rotatable bonds is 5. The van der Waals surface area contributed by atoms with E-state index >= 15 is 0 Å². The molecule has 7 nitrogen and oxygen atoms in total. The van der Waals surface area contributed by atoms with Crippen LogP contribution in [-0.2, 0) is 14.8 Å². The molecule has 1 saturated heterocycles. The third-order valence-electron chi connectivity index (χ3n) is 4.88. The highest BCUT2D eigenvalue weighted by molar-refractivity contribution is 7.89. The zero-order valence-electron chi connectivity index (χ0n) is 15.5. The molecule has 1 heterocycles. The maximum absolute atomic E-state index is 13.9. The van der Waals surface area contributed by atoms with Gasteiger partial charge >= 0.3 is 0 Å². The van der Waals surface area contributed by atoms with Crippen molar-refractivity contribution in [3.63, 3.8) is 0 Å². The standard InChI is InChI=1S/C19H23FN4O3S/c1-14(19(25)22-15-6-8-16(9-7-15)28(21,26)27)23-10-12-24(13-11-23)18-5-3-2-4-17(18)20/h2-9,14H,10-13H2,1H3,(H,22,25)(H2,21,26,27). The lowest BCUT2D eigenvalue weighted by Gasteiger charge is -2.38. The average molecular weight is 406 g/mol. The summed E-state index contributed by atoms with van der Waals surface area (Å²) >= 11 is 0. The van der Waals surface area contributed by atoms with Gasteiger partial charge in [-0.25, -0.2) is 17.9 Å². The molecule has 28 heavy (non-hydrogen) atoms. The van der Waals surface area contributed by atoms with Gasteiger partial charge in [0.25, 0.3) is 0 Å². The number of nitrogens with one attached hydrogen (secondary N) is 1. The molecule has 3 N–H and O–H groups in total. The fourth-order valence-electron chi connectivity index (χ4n) is 3.20. The van der Waals surface area contributed by atoms with E-state index in [2.05, 4.69) is 5.32 Å². The molecule has 1 amide bonds. The van der Waals surface area contributed by atoms with Crippen LogP contribution in [0.5, 0.6) is 0 Å². The zero-order chi connectivity index (χ0) is 20.3. The van der Waals surface area contributed by atoms with Gasteiger partial charge in [-0.15, -0.1) is 0 Å². The maximum atomic E-state index is 13.9. The van der Waals surface area contributed by atoms with Crippen LogP contribution in [-0.4, -0.2) is 51.4 Å². The van der Waals surface area contributed by atoms with Gasteiger partial charge in [-0.05, 0) is 43.3 Å². The molecule has 0 saturated carbocycles. The number of hydrogen-bond acceptors (Lipinski definition) is 5. The molecule has 0 radical (unpaired) electrons. The lowest BCUT2D eigenvalue weighted by Crippen LogP contribution is -2.53. The number of halogens is 1. The van der Waals surface area contributed by atoms with Crippen molar-refractivity contribution in [2.75, 3.05) is 36.4 Å². The minimum absolute atomic E-state index is 0.0113. The third kappa shape index (κ3) is 4.67. The molecule has 1 aliphatic heterocycles. The second-order valence-corrected chi connectivity index (χ2v) is 8.27. The van der Waals surface area contributed by atoms with Gasteiger partial charge in [0.05, 0.1) is 16.6 Å². The van der Waals surface area contributed by atoms with E-state index in [1.54, 1.807) is 12.1 Å². The summed E-state index contributed by atoms with van der Waals surface area (Å²) in [6.07, 6.45) is 0. The minimum atomic E-state index is -3.77. The van der Waals surface area contributed by atoms with E-state index in [9.17, 15) is 17.6 Å². The number of carbonyl (C=O) groups is 1. The van der Waals surface area contributed by atoms with Gasteiger partial charge in [-0.3, -0.25) is 9.69 Å². The van der Waals surface area contributed by atoms with Crippen LogP contribution in [0.2, 0.25) is 0 Å². The van der Waals surface area contributed by atoms with E-state index in [4.69, 9.17) is 5.14 Å². The van der Waals surface area contributed by atoms with Gasteiger partial charge in [0.1, 0.15) is 5.82 Å². The Hall–Kier alpha value is -2.49. The van der Waals surface area contributed by atoms with Crippen LogP contribution >= 0.6 is 0 Å². The quantitative estimate of drug-likeness (QED) is 0.787. The Bertz CT molecular complexity index is 942.